The first-order valence-corrected chi connectivity index (χ1v) is 14.3. The van der Waals surface area contributed by atoms with Crippen LogP contribution in [0.4, 0.5) is 15.4 Å². The van der Waals surface area contributed by atoms with E-state index in [1.165, 1.54) is 0 Å². The summed E-state index contributed by atoms with van der Waals surface area (Å²) in [7, 11) is 0. The van der Waals surface area contributed by atoms with E-state index in [0.717, 1.165) is 52.6 Å². The van der Waals surface area contributed by atoms with Crippen LogP contribution in [-0.4, -0.2) is 22.8 Å². The lowest BCUT2D eigenvalue weighted by atomic mass is 9.71. The van der Waals surface area contributed by atoms with E-state index in [4.69, 9.17) is 9.47 Å². The van der Waals surface area contributed by atoms with Gasteiger partial charge in [0.15, 0.2) is 0 Å². The van der Waals surface area contributed by atoms with Gasteiger partial charge in [0.1, 0.15) is 18.0 Å². The first-order chi connectivity index (χ1) is 19.2. The van der Waals surface area contributed by atoms with Crippen LogP contribution in [0.5, 0.6) is 0 Å². The molecule has 206 valence electrons. The lowest BCUT2D eigenvalue weighted by Gasteiger charge is -2.43. The van der Waals surface area contributed by atoms with Crippen molar-refractivity contribution in [3.8, 4) is 22.3 Å². The molecule has 1 saturated carbocycles. The van der Waals surface area contributed by atoms with Gasteiger partial charge in [0, 0.05) is 11.8 Å². The zero-order valence-electron chi connectivity index (χ0n) is 22.9. The fourth-order valence-corrected chi connectivity index (χ4v) is 5.41. The molecular weight excluding hydrogens is 522 g/mol. The van der Waals surface area contributed by atoms with Crippen molar-refractivity contribution in [2.75, 3.05) is 5.32 Å². The van der Waals surface area contributed by atoms with E-state index >= 15 is 0 Å². The van der Waals surface area contributed by atoms with Gasteiger partial charge in [-0.2, -0.15) is 11.3 Å². The molecule has 5 rings (SSSR count). The average molecular weight is 556 g/mol. The summed E-state index contributed by atoms with van der Waals surface area (Å²) in [5.41, 5.74) is 4.92. The summed E-state index contributed by atoms with van der Waals surface area (Å²) in [5, 5.41) is 9.96. The maximum Gasteiger partial charge on any atom is 0.413 e. The van der Waals surface area contributed by atoms with Crippen LogP contribution in [0.2, 0.25) is 0 Å². The molecule has 0 saturated heterocycles. The number of alkyl carbamates (subject to hydrolysis) is 1. The number of amides is 2. The maximum atomic E-state index is 12.5. The third kappa shape index (κ3) is 6.51. The first-order valence-electron chi connectivity index (χ1n) is 13.3. The monoisotopic (exact) mass is 555 g/mol. The number of ether oxygens (including phenoxy) is 2. The van der Waals surface area contributed by atoms with Crippen molar-refractivity contribution in [1.82, 2.24) is 10.3 Å². The molecule has 0 aliphatic heterocycles. The second-order valence-electron chi connectivity index (χ2n) is 11.0. The molecule has 7 nitrogen and oxygen atoms in total. The highest BCUT2D eigenvalue weighted by Gasteiger charge is 2.41. The maximum absolute atomic E-state index is 12.5. The molecule has 4 aromatic rings. The molecule has 1 aliphatic carbocycles. The number of carbonyl (C=O) groups is 2. The summed E-state index contributed by atoms with van der Waals surface area (Å²) in [6.45, 7) is 5.77. The Hall–Kier alpha value is -4.17. The SMILES string of the molecule is CC(C)(C)OC(=O)NC1(c2ccc(-c3cnc(NC(=O)OCc4ccccc4)cc3-c3ccsc3)cc2)CCC1. The van der Waals surface area contributed by atoms with Crippen molar-refractivity contribution >= 4 is 29.3 Å². The molecule has 2 N–H and O–H groups in total. The number of nitrogens with one attached hydrogen (secondary N) is 2. The highest BCUT2D eigenvalue weighted by atomic mass is 32.1. The Labute approximate surface area is 238 Å². The van der Waals surface area contributed by atoms with Gasteiger partial charge in [-0.05, 0) is 90.7 Å². The topological polar surface area (TPSA) is 89.5 Å². The summed E-state index contributed by atoms with van der Waals surface area (Å²) in [5.74, 6) is 0.412. The molecule has 2 amide bonds. The number of anilines is 1. The number of rotatable bonds is 7. The number of hydrogen-bond donors (Lipinski definition) is 2. The quantitative estimate of drug-likeness (QED) is 0.240. The van der Waals surface area contributed by atoms with Crippen molar-refractivity contribution in [3.63, 3.8) is 0 Å². The van der Waals surface area contributed by atoms with Gasteiger partial charge >= 0.3 is 12.2 Å². The Kier molecular flexibility index (Phi) is 7.89. The van der Waals surface area contributed by atoms with Crippen LogP contribution in [0, 0.1) is 0 Å². The zero-order chi connectivity index (χ0) is 28.2. The van der Waals surface area contributed by atoms with Gasteiger partial charge in [-0.25, -0.2) is 14.6 Å². The molecule has 2 aromatic heterocycles. The largest absolute Gasteiger partial charge is 0.444 e. The normalized spacial score (nSPS) is 14.1. The molecule has 2 aromatic carbocycles. The second kappa shape index (κ2) is 11.5. The van der Waals surface area contributed by atoms with E-state index < -0.39 is 23.3 Å². The predicted octanol–water partition coefficient (Wildman–Crippen LogP) is 8.13. The van der Waals surface area contributed by atoms with Crippen LogP contribution in [-0.2, 0) is 21.6 Å². The summed E-state index contributed by atoms with van der Waals surface area (Å²) in [6, 6.07) is 21.7. The number of benzene rings is 2. The van der Waals surface area contributed by atoms with E-state index in [9.17, 15) is 9.59 Å². The van der Waals surface area contributed by atoms with Crippen molar-refractivity contribution in [3.05, 3.63) is 94.8 Å². The second-order valence-corrected chi connectivity index (χ2v) is 11.7. The van der Waals surface area contributed by atoms with Crippen molar-refractivity contribution in [2.45, 2.75) is 57.8 Å². The molecule has 40 heavy (non-hydrogen) atoms. The summed E-state index contributed by atoms with van der Waals surface area (Å²) in [4.78, 5) is 29.5. The van der Waals surface area contributed by atoms with Gasteiger partial charge in [-0.15, -0.1) is 0 Å². The molecule has 0 atom stereocenters. The molecule has 0 unspecified atom stereocenters. The Balaban J connectivity index is 1.34. The van der Waals surface area contributed by atoms with E-state index in [1.807, 2.05) is 68.6 Å². The molecule has 0 radical (unpaired) electrons. The van der Waals surface area contributed by atoms with Crippen molar-refractivity contribution < 1.29 is 19.1 Å². The molecule has 1 fully saturated rings. The average Bonchev–Trinajstić information content (AvgIpc) is 3.44. The van der Waals surface area contributed by atoms with E-state index in [0.29, 0.717) is 5.82 Å². The zero-order valence-corrected chi connectivity index (χ0v) is 23.7. The first kappa shape index (κ1) is 27.4. The molecule has 2 heterocycles. The van der Waals surface area contributed by atoms with Gasteiger partial charge in [0.25, 0.3) is 0 Å². The summed E-state index contributed by atoms with van der Waals surface area (Å²) < 4.78 is 10.9. The summed E-state index contributed by atoms with van der Waals surface area (Å²) in [6.07, 6.45) is 3.60. The Morgan fingerprint density at radius 2 is 1.70 bits per heavy atom. The Bertz CT molecular complexity index is 1460. The standard InChI is InChI=1S/C32H33N3O4S/c1-31(2,3)39-30(37)35-32(15-7-16-32)25-12-10-23(11-13-25)27-19-33-28(18-26(27)24-14-17-40-21-24)34-29(36)38-20-22-8-5-4-6-9-22/h4-6,8-14,17-19,21H,7,15-16,20H2,1-3H3,(H,35,37)(H,33,34,36). The number of nitrogens with zero attached hydrogens (tertiary/aromatic N) is 1. The number of aromatic nitrogens is 1. The van der Waals surface area contributed by atoms with E-state index in [-0.39, 0.29) is 6.61 Å². The van der Waals surface area contributed by atoms with Gasteiger partial charge < -0.3 is 14.8 Å². The van der Waals surface area contributed by atoms with Crippen LogP contribution in [0.15, 0.2) is 83.7 Å². The van der Waals surface area contributed by atoms with Gasteiger partial charge in [-0.3, -0.25) is 5.32 Å². The van der Waals surface area contributed by atoms with Crippen LogP contribution in [0.3, 0.4) is 0 Å². The molecule has 0 bridgehead atoms. The lowest BCUT2D eigenvalue weighted by molar-refractivity contribution is 0.0377. The van der Waals surface area contributed by atoms with E-state index in [2.05, 4.69) is 45.3 Å². The minimum atomic E-state index is -0.562. The predicted molar refractivity (Wildman–Crippen MR) is 158 cm³/mol. The summed E-state index contributed by atoms with van der Waals surface area (Å²) >= 11 is 1.61. The fraction of sp³-hybridized carbons (Fsp3) is 0.281. The Morgan fingerprint density at radius 1 is 0.950 bits per heavy atom. The number of hydrogen-bond acceptors (Lipinski definition) is 6. The van der Waals surface area contributed by atoms with Crippen LogP contribution < -0.4 is 10.6 Å². The number of carbonyl (C=O) groups excluding carboxylic acids is 2. The molecule has 1 aliphatic rings. The van der Waals surface area contributed by atoms with Crippen LogP contribution in [0.1, 0.15) is 51.2 Å². The molecule has 0 spiro atoms. The number of thiophene rings is 1. The smallest absolute Gasteiger partial charge is 0.413 e. The van der Waals surface area contributed by atoms with Crippen molar-refractivity contribution in [1.29, 1.82) is 0 Å². The molecule has 8 heteroatoms. The number of pyridine rings is 1. The highest BCUT2D eigenvalue weighted by molar-refractivity contribution is 7.08. The Morgan fingerprint density at radius 3 is 2.33 bits per heavy atom. The van der Waals surface area contributed by atoms with Gasteiger partial charge in [0.05, 0.1) is 5.54 Å². The minimum absolute atomic E-state index is 0.179. The van der Waals surface area contributed by atoms with Crippen molar-refractivity contribution in [2.24, 2.45) is 0 Å². The third-order valence-corrected chi connectivity index (χ3v) is 7.56. The minimum Gasteiger partial charge on any atom is -0.444 e. The fourth-order valence-electron chi connectivity index (χ4n) is 4.76. The van der Waals surface area contributed by atoms with Crippen LogP contribution in [0.25, 0.3) is 22.3 Å². The van der Waals surface area contributed by atoms with Gasteiger partial charge in [-0.1, -0.05) is 54.6 Å². The van der Waals surface area contributed by atoms with Crippen LogP contribution >= 0.6 is 11.3 Å². The van der Waals surface area contributed by atoms with E-state index in [1.54, 1.807) is 17.5 Å². The highest BCUT2D eigenvalue weighted by Crippen LogP contribution is 2.42. The lowest BCUT2D eigenvalue weighted by Crippen LogP contribution is -2.52. The molecular formula is C32H33N3O4S. The van der Waals surface area contributed by atoms with Gasteiger partial charge in [0.2, 0.25) is 0 Å². The third-order valence-electron chi connectivity index (χ3n) is 6.87.